The van der Waals surface area contributed by atoms with Crippen molar-refractivity contribution >= 4 is 16.0 Å². The van der Waals surface area contributed by atoms with Gasteiger partial charge in [0.1, 0.15) is 0 Å². The normalized spacial score (nSPS) is 43.8. The maximum absolute atomic E-state index is 12.2. The second-order valence-corrected chi connectivity index (χ2v) is 14.0. The molecule has 4 aliphatic carbocycles. The van der Waals surface area contributed by atoms with Crippen LogP contribution in [0.1, 0.15) is 91.4 Å². The predicted octanol–water partition coefficient (Wildman–Crippen LogP) is 4.43. The summed E-state index contributed by atoms with van der Waals surface area (Å²) in [7, 11) is -4.04. The first-order valence-corrected chi connectivity index (χ1v) is 14.9. The lowest BCUT2D eigenvalue weighted by atomic mass is 9.44. The van der Waals surface area contributed by atoms with E-state index in [0.29, 0.717) is 35.0 Å². The van der Waals surface area contributed by atoms with E-state index in [2.05, 4.69) is 26.1 Å². The average molecular weight is 484 g/mol. The van der Waals surface area contributed by atoms with E-state index in [1.165, 1.54) is 44.9 Å². The van der Waals surface area contributed by atoms with Crippen LogP contribution in [0.5, 0.6) is 0 Å². The van der Waals surface area contributed by atoms with Gasteiger partial charge in [-0.05, 0) is 111 Å². The van der Waals surface area contributed by atoms with Crippen LogP contribution in [0, 0.1) is 46.3 Å². The molecule has 1 amide bonds. The molecule has 3 unspecified atom stereocenters. The molecular formula is C26H45NO5S. The highest BCUT2D eigenvalue weighted by atomic mass is 32.2. The van der Waals surface area contributed by atoms with Gasteiger partial charge in [0.15, 0.2) is 0 Å². The van der Waals surface area contributed by atoms with Gasteiger partial charge in [0.05, 0.1) is 11.9 Å². The SMILES string of the molecule is CC(CCC(=O)NCCS(=O)(=O)O)[C@H]1CC[C@H]2[C@@H]3CC[C@@H]4C[C@H](O)CCC4(C)[C@H]3CCC12C. The molecule has 9 atom stereocenters. The lowest BCUT2D eigenvalue weighted by molar-refractivity contribution is -0.129. The Kier molecular flexibility index (Phi) is 7.26. The first-order chi connectivity index (χ1) is 15.4. The summed E-state index contributed by atoms with van der Waals surface area (Å²) < 4.78 is 30.5. The van der Waals surface area contributed by atoms with Crippen LogP contribution in [0.4, 0.5) is 0 Å². The summed E-state index contributed by atoms with van der Waals surface area (Å²) >= 11 is 0. The summed E-state index contributed by atoms with van der Waals surface area (Å²) in [5, 5.41) is 12.9. The summed E-state index contributed by atoms with van der Waals surface area (Å²) in [4.78, 5) is 12.2. The van der Waals surface area contributed by atoms with E-state index in [4.69, 9.17) is 4.55 Å². The van der Waals surface area contributed by atoms with E-state index in [1.807, 2.05) is 0 Å². The zero-order chi connectivity index (χ0) is 24.0. The summed E-state index contributed by atoms with van der Waals surface area (Å²) in [6.45, 7) is 7.34. The number of amides is 1. The molecule has 0 radical (unpaired) electrons. The van der Waals surface area contributed by atoms with E-state index in [1.54, 1.807) is 0 Å². The van der Waals surface area contributed by atoms with E-state index in [9.17, 15) is 18.3 Å². The van der Waals surface area contributed by atoms with Gasteiger partial charge in [-0.15, -0.1) is 0 Å². The van der Waals surface area contributed by atoms with Gasteiger partial charge >= 0.3 is 0 Å². The molecule has 0 aromatic heterocycles. The van der Waals surface area contributed by atoms with Crippen LogP contribution in [-0.2, 0) is 14.9 Å². The predicted molar refractivity (Wildman–Crippen MR) is 129 cm³/mol. The molecule has 0 aromatic carbocycles. The van der Waals surface area contributed by atoms with Crippen LogP contribution in [0.25, 0.3) is 0 Å². The van der Waals surface area contributed by atoms with Crippen molar-refractivity contribution in [1.82, 2.24) is 5.32 Å². The van der Waals surface area contributed by atoms with Gasteiger partial charge in [0.25, 0.3) is 10.1 Å². The van der Waals surface area contributed by atoms with Gasteiger partial charge < -0.3 is 10.4 Å². The smallest absolute Gasteiger partial charge is 0.266 e. The number of fused-ring (bicyclic) bond motifs is 5. The molecule has 0 bridgehead atoms. The molecule has 4 saturated carbocycles. The van der Waals surface area contributed by atoms with Crippen molar-refractivity contribution in [3.05, 3.63) is 0 Å². The lowest BCUT2D eigenvalue weighted by Crippen LogP contribution is -2.54. The Balaban J connectivity index is 1.35. The second-order valence-electron chi connectivity index (χ2n) is 12.5. The van der Waals surface area contributed by atoms with Gasteiger partial charge in [0.2, 0.25) is 5.91 Å². The number of hydrogen-bond donors (Lipinski definition) is 3. The Hall–Kier alpha value is -0.660. The maximum atomic E-state index is 12.2. The number of hydrogen-bond acceptors (Lipinski definition) is 4. The first-order valence-electron chi connectivity index (χ1n) is 13.3. The van der Waals surface area contributed by atoms with Crippen LogP contribution in [0.2, 0.25) is 0 Å². The fourth-order valence-corrected chi connectivity index (χ4v) is 9.54. The third-order valence-corrected chi connectivity index (χ3v) is 11.6. The molecule has 0 spiro atoms. The van der Waals surface area contributed by atoms with Crippen molar-refractivity contribution in [2.75, 3.05) is 12.3 Å². The molecular weight excluding hydrogens is 438 g/mol. The molecule has 7 heteroatoms. The lowest BCUT2D eigenvalue weighted by Gasteiger charge is -2.61. The number of nitrogens with one attached hydrogen (secondary N) is 1. The molecule has 4 fully saturated rings. The van der Waals surface area contributed by atoms with Crippen molar-refractivity contribution in [3.8, 4) is 0 Å². The molecule has 3 N–H and O–H groups in total. The van der Waals surface area contributed by atoms with Crippen molar-refractivity contribution in [2.24, 2.45) is 46.3 Å². The zero-order valence-electron chi connectivity index (χ0n) is 20.8. The highest BCUT2D eigenvalue weighted by Gasteiger charge is 2.60. The summed E-state index contributed by atoms with van der Waals surface area (Å²) in [6.07, 6.45) is 12.1. The van der Waals surface area contributed by atoms with Crippen molar-refractivity contribution in [1.29, 1.82) is 0 Å². The van der Waals surface area contributed by atoms with Crippen molar-refractivity contribution < 1.29 is 22.9 Å². The molecule has 0 aromatic rings. The number of carbonyl (C=O) groups is 1. The van der Waals surface area contributed by atoms with Crippen LogP contribution in [0.3, 0.4) is 0 Å². The Labute approximate surface area is 200 Å². The summed E-state index contributed by atoms with van der Waals surface area (Å²) in [5.41, 5.74) is 0.771. The molecule has 0 saturated heterocycles. The molecule has 33 heavy (non-hydrogen) atoms. The van der Waals surface area contributed by atoms with Crippen LogP contribution >= 0.6 is 0 Å². The topological polar surface area (TPSA) is 104 Å². The minimum atomic E-state index is -4.04. The minimum Gasteiger partial charge on any atom is -0.393 e. The fourth-order valence-electron chi connectivity index (χ4n) is 9.18. The average Bonchev–Trinajstić information content (AvgIpc) is 3.09. The summed E-state index contributed by atoms with van der Waals surface area (Å²) in [5.74, 6) is 3.68. The fraction of sp³-hybridized carbons (Fsp3) is 0.962. The number of aliphatic hydroxyl groups excluding tert-OH is 1. The molecule has 0 heterocycles. The van der Waals surface area contributed by atoms with Gasteiger partial charge in [-0.1, -0.05) is 20.8 Å². The van der Waals surface area contributed by atoms with Gasteiger partial charge in [-0.25, -0.2) is 0 Å². The van der Waals surface area contributed by atoms with Crippen LogP contribution in [-0.4, -0.2) is 42.4 Å². The van der Waals surface area contributed by atoms with E-state index >= 15 is 0 Å². The third kappa shape index (κ3) is 5.02. The minimum absolute atomic E-state index is 0.0326. The second kappa shape index (κ2) is 9.42. The molecule has 0 aliphatic heterocycles. The Morgan fingerprint density at radius 3 is 2.45 bits per heavy atom. The van der Waals surface area contributed by atoms with Crippen molar-refractivity contribution in [3.63, 3.8) is 0 Å². The maximum Gasteiger partial charge on any atom is 0.266 e. The van der Waals surface area contributed by atoms with Crippen LogP contribution in [0.15, 0.2) is 0 Å². The Morgan fingerprint density at radius 1 is 1.03 bits per heavy atom. The molecule has 6 nitrogen and oxygen atoms in total. The van der Waals surface area contributed by atoms with Gasteiger partial charge in [-0.2, -0.15) is 8.42 Å². The molecule has 4 rings (SSSR count). The van der Waals surface area contributed by atoms with Gasteiger partial charge in [0, 0.05) is 13.0 Å². The Bertz CT molecular complexity index is 831. The summed E-state index contributed by atoms with van der Waals surface area (Å²) in [6, 6.07) is 0. The Morgan fingerprint density at radius 2 is 1.73 bits per heavy atom. The van der Waals surface area contributed by atoms with E-state index in [0.717, 1.165) is 37.0 Å². The quantitative estimate of drug-likeness (QED) is 0.465. The monoisotopic (exact) mass is 483 g/mol. The highest BCUT2D eigenvalue weighted by Crippen LogP contribution is 2.68. The standard InChI is InChI=1S/C26H45NO5S/c1-17(4-9-24(29)27-14-15-33(30,31)32)21-7-8-22-20-6-5-18-16-19(28)10-12-25(18,2)23(20)11-13-26(21,22)3/h17-23,28H,4-16H2,1-3H3,(H,27,29)(H,30,31,32)/t17?,18-,19-,20+,21-,22+,23+,25?,26?/m1/s1. The van der Waals surface area contributed by atoms with Crippen molar-refractivity contribution in [2.45, 2.75) is 97.5 Å². The first kappa shape index (κ1) is 25.4. The third-order valence-electron chi connectivity index (χ3n) is 10.9. The number of carbonyl (C=O) groups excluding carboxylic acids is 1. The van der Waals surface area contributed by atoms with E-state index < -0.39 is 15.9 Å². The van der Waals surface area contributed by atoms with Crippen LogP contribution < -0.4 is 5.32 Å². The largest absolute Gasteiger partial charge is 0.393 e. The molecule has 190 valence electrons. The number of rotatable bonds is 7. The zero-order valence-corrected chi connectivity index (χ0v) is 21.6. The van der Waals surface area contributed by atoms with E-state index in [-0.39, 0.29) is 18.6 Å². The van der Waals surface area contributed by atoms with Gasteiger partial charge in [-0.3, -0.25) is 9.35 Å². The molecule has 4 aliphatic rings. The number of aliphatic hydroxyl groups is 1. The highest BCUT2D eigenvalue weighted by molar-refractivity contribution is 7.85.